The van der Waals surface area contributed by atoms with E-state index in [2.05, 4.69) is 5.32 Å². The molecule has 1 aliphatic heterocycles. The van der Waals surface area contributed by atoms with E-state index in [9.17, 15) is 14.4 Å². The van der Waals surface area contributed by atoms with Crippen molar-refractivity contribution in [3.8, 4) is 17.2 Å². The lowest BCUT2D eigenvalue weighted by Crippen LogP contribution is -2.51. The highest BCUT2D eigenvalue weighted by molar-refractivity contribution is 6.39. The van der Waals surface area contributed by atoms with Gasteiger partial charge in [-0.3, -0.25) is 14.4 Å². The minimum absolute atomic E-state index is 0.320. The smallest absolute Gasteiger partial charge is 0.313 e. The Morgan fingerprint density at radius 1 is 1.00 bits per heavy atom. The van der Waals surface area contributed by atoms with E-state index in [1.165, 1.54) is 38.4 Å². The monoisotopic (exact) mass is 351 g/mol. The molecule has 25 heavy (non-hydrogen) atoms. The summed E-state index contributed by atoms with van der Waals surface area (Å²) in [6.45, 7) is 1.46. The second-order valence-corrected chi connectivity index (χ2v) is 5.30. The SMILES string of the molecule is COc1cc(NC(=O)C(=O)N2CCN(C=O)CC2)cc(OC)c1OC. The molecule has 0 unspecified atom stereocenters. The van der Waals surface area contributed by atoms with Gasteiger partial charge in [0.05, 0.1) is 21.3 Å². The summed E-state index contributed by atoms with van der Waals surface area (Å²) in [6.07, 6.45) is 0.734. The number of benzene rings is 1. The minimum atomic E-state index is -0.770. The van der Waals surface area contributed by atoms with Crippen LogP contribution in [0.2, 0.25) is 0 Å². The van der Waals surface area contributed by atoms with Gasteiger partial charge in [-0.2, -0.15) is 0 Å². The third-order valence-corrected chi connectivity index (χ3v) is 3.87. The zero-order valence-electron chi connectivity index (χ0n) is 14.4. The van der Waals surface area contributed by atoms with Gasteiger partial charge >= 0.3 is 11.8 Å². The number of methoxy groups -OCH3 is 3. The van der Waals surface area contributed by atoms with Crippen LogP contribution in [0.15, 0.2) is 12.1 Å². The Kier molecular flexibility index (Phi) is 6.04. The summed E-state index contributed by atoms with van der Waals surface area (Å²) < 4.78 is 15.6. The number of amides is 3. The van der Waals surface area contributed by atoms with Crippen LogP contribution in [0.5, 0.6) is 17.2 Å². The van der Waals surface area contributed by atoms with Gasteiger partial charge in [-0.1, -0.05) is 0 Å². The number of piperazine rings is 1. The van der Waals surface area contributed by atoms with E-state index in [-0.39, 0.29) is 0 Å². The molecular formula is C16H21N3O6. The van der Waals surface area contributed by atoms with Crippen LogP contribution >= 0.6 is 0 Å². The van der Waals surface area contributed by atoms with Crippen LogP contribution in [0.1, 0.15) is 0 Å². The average Bonchev–Trinajstić information content (AvgIpc) is 2.66. The van der Waals surface area contributed by atoms with E-state index in [1.807, 2.05) is 0 Å². The van der Waals surface area contributed by atoms with Crippen molar-refractivity contribution in [3.05, 3.63) is 12.1 Å². The average molecular weight is 351 g/mol. The quantitative estimate of drug-likeness (QED) is 0.590. The molecule has 0 atom stereocenters. The van der Waals surface area contributed by atoms with Gasteiger partial charge in [0.15, 0.2) is 11.5 Å². The molecular weight excluding hydrogens is 330 g/mol. The molecule has 1 aromatic rings. The highest BCUT2D eigenvalue weighted by Gasteiger charge is 2.26. The number of carbonyl (C=O) groups excluding carboxylic acids is 3. The molecule has 1 fully saturated rings. The van der Waals surface area contributed by atoms with Crippen molar-refractivity contribution in [1.29, 1.82) is 0 Å². The fourth-order valence-electron chi connectivity index (χ4n) is 2.51. The maximum atomic E-state index is 12.2. The van der Waals surface area contributed by atoms with Crippen LogP contribution < -0.4 is 19.5 Å². The molecule has 9 heteroatoms. The van der Waals surface area contributed by atoms with Crippen LogP contribution in [0.3, 0.4) is 0 Å². The van der Waals surface area contributed by atoms with E-state index in [0.29, 0.717) is 49.1 Å². The lowest BCUT2D eigenvalue weighted by Gasteiger charge is -2.32. The third kappa shape index (κ3) is 4.11. The number of anilines is 1. The molecule has 0 saturated carbocycles. The molecule has 1 aromatic carbocycles. The van der Waals surface area contributed by atoms with Crippen molar-refractivity contribution in [2.45, 2.75) is 0 Å². The topological polar surface area (TPSA) is 97.4 Å². The van der Waals surface area contributed by atoms with Gasteiger partial charge in [0, 0.05) is 44.0 Å². The van der Waals surface area contributed by atoms with Gasteiger partial charge in [-0.15, -0.1) is 0 Å². The Morgan fingerprint density at radius 3 is 2.00 bits per heavy atom. The predicted molar refractivity (Wildman–Crippen MR) is 88.9 cm³/mol. The van der Waals surface area contributed by atoms with Gasteiger partial charge < -0.3 is 29.3 Å². The summed E-state index contributed by atoms with van der Waals surface area (Å²) in [5.41, 5.74) is 0.347. The van der Waals surface area contributed by atoms with E-state index in [0.717, 1.165) is 6.41 Å². The van der Waals surface area contributed by atoms with Gasteiger partial charge in [-0.25, -0.2) is 0 Å². The molecule has 1 aliphatic rings. The first-order valence-corrected chi connectivity index (χ1v) is 7.63. The number of carbonyl (C=O) groups is 3. The normalized spacial score (nSPS) is 13.9. The Morgan fingerprint density at radius 2 is 1.56 bits per heavy atom. The largest absolute Gasteiger partial charge is 0.493 e. The van der Waals surface area contributed by atoms with Crippen LogP contribution in [-0.2, 0) is 14.4 Å². The van der Waals surface area contributed by atoms with Gasteiger partial charge in [0.1, 0.15) is 0 Å². The summed E-state index contributed by atoms with van der Waals surface area (Å²) in [5, 5.41) is 2.54. The second-order valence-electron chi connectivity index (χ2n) is 5.30. The van der Waals surface area contributed by atoms with Gasteiger partial charge in [0.2, 0.25) is 12.2 Å². The van der Waals surface area contributed by atoms with Crippen molar-refractivity contribution >= 4 is 23.9 Å². The summed E-state index contributed by atoms with van der Waals surface area (Å²) in [5.74, 6) is -0.305. The van der Waals surface area contributed by atoms with Crippen molar-refractivity contribution in [3.63, 3.8) is 0 Å². The van der Waals surface area contributed by atoms with Crippen molar-refractivity contribution in [2.24, 2.45) is 0 Å². The Labute approximate surface area is 145 Å². The van der Waals surface area contributed by atoms with Crippen molar-refractivity contribution < 1.29 is 28.6 Å². The lowest BCUT2D eigenvalue weighted by molar-refractivity contribution is -0.144. The number of ether oxygens (including phenoxy) is 3. The number of rotatable bonds is 5. The Balaban J connectivity index is 2.09. The summed E-state index contributed by atoms with van der Waals surface area (Å²) in [6, 6.07) is 3.08. The first-order valence-electron chi connectivity index (χ1n) is 7.63. The Bertz CT molecular complexity index is 630. The fourth-order valence-corrected chi connectivity index (χ4v) is 2.51. The van der Waals surface area contributed by atoms with Gasteiger partial charge in [0.25, 0.3) is 0 Å². The highest BCUT2D eigenvalue weighted by Crippen LogP contribution is 2.39. The molecule has 0 spiro atoms. The maximum Gasteiger partial charge on any atom is 0.313 e. The zero-order chi connectivity index (χ0) is 18.4. The van der Waals surface area contributed by atoms with Crippen molar-refractivity contribution in [2.75, 3.05) is 52.8 Å². The number of nitrogens with zero attached hydrogens (tertiary/aromatic N) is 2. The highest BCUT2D eigenvalue weighted by atomic mass is 16.5. The first-order chi connectivity index (χ1) is 12.0. The van der Waals surface area contributed by atoms with E-state index < -0.39 is 11.8 Å². The lowest BCUT2D eigenvalue weighted by atomic mass is 10.2. The number of hydrogen-bond acceptors (Lipinski definition) is 6. The van der Waals surface area contributed by atoms with Crippen LogP contribution in [0, 0.1) is 0 Å². The standard InChI is InChI=1S/C16H21N3O6/c1-23-12-8-11(9-13(24-2)14(12)25-3)17-15(21)16(22)19-6-4-18(10-20)5-7-19/h8-10H,4-7H2,1-3H3,(H,17,21). The van der Waals surface area contributed by atoms with Crippen LogP contribution in [0.4, 0.5) is 5.69 Å². The van der Waals surface area contributed by atoms with Crippen LogP contribution in [0.25, 0.3) is 0 Å². The summed E-state index contributed by atoms with van der Waals surface area (Å²) in [4.78, 5) is 38.1. The molecule has 1 N–H and O–H groups in total. The van der Waals surface area contributed by atoms with Crippen LogP contribution in [-0.4, -0.2) is 75.5 Å². The van der Waals surface area contributed by atoms with Gasteiger partial charge in [-0.05, 0) is 0 Å². The number of nitrogens with one attached hydrogen (secondary N) is 1. The molecule has 0 bridgehead atoms. The maximum absolute atomic E-state index is 12.2. The third-order valence-electron chi connectivity index (χ3n) is 3.87. The molecule has 0 aromatic heterocycles. The summed E-state index contributed by atoms with van der Waals surface area (Å²) >= 11 is 0. The first kappa shape index (κ1) is 18.4. The molecule has 2 rings (SSSR count). The predicted octanol–water partition coefficient (Wildman–Crippen LogP) is -0.0485. The molecule has 1 saturated heterocycles. The number of hydrogen-bond donors (Lipinski definition) is 1. The second kappa shape index (κ2) is 8.22. The molecule has 1 heterocycles. The van der Waals surface area contributed by atoms with Crippen molar-refractivity contribution in [1.82, 2.24) is 9.80 Å². The molecule has 0 aliphatic carbocycles. The molecule has 136 valence electrons. The molecule has 9 nitrogen and oxygen atoms in total. The van der Waals surface area contributed by atoms with E-state index in [1.54, 1.807) is 4.90 Å². The minimum Gasteiger partial charge on any atom is -0.493 e. The van der Waals surface area contributed by atoms with E-state index in [4.69, 9.17) is 14.2 Å². The van der Waals surface area contributed by atoms with E-state index >= 15 is 0 Å². The fraction of sp³-hybridized carbons (Fsp3) is 0.438. The Hall–Kier alpha value is -2.97. The zero-order valence-corrected chi connectivity index (χ0v) is 14.4. The molecule has 3 amide bonds. The molecule has 0 radical (unpaired) electrons. The summed E-state index contributed by atoms with van der Waals surface area (Å²) in [7, 11) is 4.39.